The number of carbonyl (C=O) groups excluding carboxylic acids is 1. The highest BCUT2D eigenvalue weighted by atomic mass is 19.4. The first-order chi connectivity index (χ1) is 13.7. The minimum atomic E-state index is -4.98. The Morgan fingerprint density at radius 1 is 0.933 bits per heavy atom. The predicted molar refractivity (Wildman–Crippen MR) is 102 cm³/mol. The Hall–Kier alpha value is -1.97. The first-order valence-electron chi connectivity index (χ1n) is 9.75. The van der Waals surface area contributed by atoms with Gasteiger partial charge in [0.2, 0.25) is 0 Å². The van der Waals surface area contributed by atoms with Crippen LogP contribution in [-0.2, 0) is 12.4 Å². The monoisotopic (exact) mass is 439 g/mol. The molecule has 2 amide bonds. The van der Waals surface area contributed by atoms with Crippen LogP contribution in [-0.4, -0.2) is 36.6 Å². The quantitative estimate of drug-likeness (QED) is 0.587. The lowest BCUT2D eigenvalue weighted by atomic mass is 9.86. The van der Waals surface area contributed by atoms with Crippen molar-refractivity contribution in [3.63, 3.8) is 0 Å². The predicted octanol–water partition coefficient (Wildman–Crippen LogP) is 5.75. The highest BCUT2D eigenvalue weighted by molar-refractivity contribution is 5.89. The summed E-state index contributed by atoms with van der Waals surface area (Å²) in [6.45, 7) is 8.06. The zero-order valence-electron chi connectivity index (χ0n) is 17.2. The van der Waals surface area contributed by atoms with Gasteiger partial charge in [-0.05, 0) is 49.5 Å². The summed E-state index contributed by atoms with van der Waals surface area (Å²) >= 11 is 0. The van der Waals surface area contributed by atoms with E-state index in [1.54, 1.807) is 0 Å². The molecule has 30 heavy (non-hydrogen) atoms. The fourth-order valence-electron chi connectivity index (χ4n) is 3.29. The fourth-order valence-corrected chi connectivity index (χ4v) is 3.29. The Labute approximate surface area is 172 Å². The number of nitrogens with one attached hydrogen (secondary N) is 2. The Kier molecular flexibility index (Phi) is 7.32. The average molecular weight is 439 g/mol. The van der Waals surface area contributed by atoms with E-state index in [4.69, 9.17) is 0 Å². The molecular weight excluding hydrogens is 412 g/mol. The van der Waals surface area contributed by atoms with Gasteiger partial charge in [0.1, 0.15) is 0 Å². The van der Waals surface area contributed by atoms with Crippen molar-refractivity contribution in [3.8, 4) is 0 Å². The maximum atomic E-state index is 13.0. The summed E-state index contributed by atoms with van der Waals surface area (Å²) in [5.41, 5.74) is -3.89. The van der Waals surface area contributed by atoms with Crippen LogP contribution in [0.25, 0.3) is 0 Å². The van der Waals surface area contributed by atoms with Crippen LogP contribution in [0.15, 0.2) is 18.2 Å². The van der Waals surface area contributed by atoms with Gasteiger partial charge in [-0.25, -0.2) is 4.79 Å². The maximum absolute atomic E-state index is 13.0. The first-order valence-corrected chi connectivity index (χ1v) is 9.75. The summed E-state index contributed by atoms with van der Waals surface area (Å²) in [6, 6.07) is -0.183. The molecular formula is C20H27F6N3O. The molecule has 4 nitrogen and oxygen atoms in total. The molecule has 1 aliphatic rings. The Bertz CT molecular complexity index is 701. The van der Waals surface area contributed by atoms with Gasteiger partial charge in [0.15, 0.2) is 0 Å². The third-order valence-electron chi connectivity index (χ3n) is 5.09. The molecule has 2 rings (SSSR count). The van der Waals surface area contributed by atoms with Crippen LogP contribution in [0.4, 0.5) is 36.8 Å². The SMILES string of the molecule is CC(C)(C)[C@@H](CN1CCCCC1)NC(=O)Nc1cc(C(F)(F)F)cc(C(F)(F)F)c1. The highest BCUT2D eigenvalue weighted by Crippen LogP contribution is 2.37. The van der Waals surface area contributed by atoms with Crippen LogP contribution in [0.3, 0.4) is 0 Å². The minimum Gasteiger partial charge on any atom is -0.333 e. The second-order valence-electron chi connectivity index (χ2n) is 8.67. The van der Waals surface area contributed by atoms with Gasteiger partial charge in [-0.3, -0.25) is 0 Å². The summed E-state index contributed by atoms with van der Waals surface area (Å²) in [5, 5.41) is 4.85. The normalized spacial score (nSPS) is 17.5. The summed E-state index contributed by atoms with van der Waals surface area (Å²) in [6.07, 6.45) is -6.71. The van der Waals surface area contributed by atoms with E-state index in [2.05, 4.69) is 15.5 Å². The number of hydrogen-bond donors (Lipinski definition) is 2. The number of hydrogen-bond acceptors (Lipinski definition) is 2. The van der Waals surface area contributed by atoms with E-state index in [0.29, 0.717) is 18.7 Å². The molecule has 1 fully saturated rings. The number of benzene rings is 1. The van der Waals surface area contributed by atoms with Gasteiger partial charge in [0, 0.05) is 18.3 Å². The average Bonchev–Trinajstić information content (AvgIpc) is 2.59. The minimum absolute atomic E-state index is 0.0252. The molecule has 0 radical (unpaired) electrons. The van der Waals surface area contributed by atoms with Crippen LogP contribution in [0.5, 0.6) is 0 Å². The smallest absolute Gasteiger partial charge is 0.333 e. The third kappa shape index (κ3) is 7.07. The van der Waals surface area contributed by atoms with Gasteiger partial charge >= 0.3 is 18.4 Å². The molecule has 0 unspecified atom stereocenters. The van der Waals surface area contributed by atoms with E-state index < -0.39 is 35.2 Å². The second-order valence-corrected chi connectivity index (χ2v) is 8.67. The third-order valence-corrected chi connectivity index (χ3v) is 5.09. The van der Waals surface area contributed by atoms with Crippen LogP contribution >= 0.6 is 0 Å². The van der Waals surface area contributed by atoms with Crippen molar-refractivity contribution in [1.29, 1.82) is 0 Å². The van der Waals surface area contributed by atoms with Crippen molar-refractivity contribution >= 4 is 11.7 Å². The number of carbonyl (C=O) groups is 1. The van der Waals surface area contributed by atoms with Crippen LogP contribution < -0.4 is 10.6 Å². The number of piperidine rings is 1. The molecule has 0 spiro atoms. The zero-order chi connectivity index (χ0) is 22.7. The summed E-state index contributed by atoms with van der Waals surface area (Å²) in [4.78, 5) is 14.6. The molecule has 1 heterocycles. The first kappa shape index (κ1) is 24.3. The molecule has 1 atom stereocenters. The van der Waals surface area contributed by atoms with E-state index in [1.165, 1.54) is 0 Å². The molecule has 170 valence electrons. The number of likely N-dealkylation sites (tertiary alicyclic amines) is 1. The van der Waals surface area contributed by atoms with Crippen LogP contribution in [0.1, 0.15) is 51.2 Å². The van der Waals surface area contributed by atoms with Crippen molar-refractivity contribution in [2.75, 3.05) is 25.0 Å². The van der Waals surface area contributed by atoms with Crippen molar-refractivity contribution < 1.29 is 31.1 Å². The molecule has 2 N–H and O–H groups in total. The van der Waals surface area contributed by atoms with Crippen molar-refractivity contribution in [1.82, 2.24) is 10.2 Å². The van der Waals surface area contributed by atoms with Crippen LogP contribution in [0.2, 0.25) is 0 Å². The van der Waals surface area contributed by atoms with E-state index in [1.807, 2.05) is 20.8 Å². The zero-order valence-corrected chi connectivity index (χ0v) is 17.2. The Morgan fingerprint density at radius 3 is 1.87 bits per heavy atom. The van der Waals surface area contributed by atoms with Crippen molar-refractivity contribution in [3.05, 3.63) is 29.3 Å². The lowest BCUT2D eigenvalue weighted by Crippen LogP contribution is -2.52. The number of alkyl halides is 6. The number of nitrogens with zero attached hydrogens (tertiary/aromatic N) is 1. The van der Waals surface area contributed by atoms with Crippen molar-refractivity contribution in [2.24, 2.45) is 5.41 Å². The summed E-state index contributed by atoms with van der Waals surface area (Å²) < 4.78 is 78.0. The molecule has 10 heteroatoms. The number of urea groups is 1. The molecule has 0 aromatic heterocycles. The highest BCUT2D eigenvalue weighted by Gasteiger charge is 2.37. The molecule has 1 aliphatic heterocycles. The van der Waals surface area contributed by atoms with Gasteiger partial charge in [-0.15, -0.1) is 0 Å². The van der Waals surface area contributed by atoms with Crippen molar-refractivity contribution in [2.45, 2.75) is 58.4 Å². The Morgan fingerprint density at radius 2 is 1.43 bits per heavy atom. The number of halogens is 6. The number of rotatable bonds is 4. The van der Waals surface area contributed by atoms with E-state index in [-0.39, 0.29) is 17.5 Å². The molecule has 0 aliphatic carbocycles. The Balaban J connectivity index is 2.18. The fraction of sp³-hybridized carbons (Fsp3) is 0.650. The maximum Gasteiger partial charge on any atom is 0.416 e. The van der Waals surface area contributed by atoms with E-state index in [0.717, 1.165) is 32.4 Å². The molecule has 1 aromatic rings. The number of anilines is 1. The number of amides is 2. The summed E-state index contributed by atoms with van der Waals surface area (Å²) in [5.74, 6) is 0. The van der Waals surface area contributed by atoms with Gasteiger partial charge in [-0.1, -0.05) is 27.2 Å². The van der Waals surface area contributed by atoms with E-state index in [9.17, 15) is 31.1 Å². The summed E-state index contributed by atoms with van der Waals surface area (Å²) in [7, 11) is 0. The lowest BCUT2D eigenvalue weighted by Gasteiger charge is -2.37. The topological polar surface area (TPSA) is 44.4 Å². The molecule has 0 saturated carbocycles. The van der Waals surface area contributed by atoms with E-state index >= 15 is 0 Å². The van der Waals surface area contributed by atoms with Gasteiger partial charge < -0.3 is 15.5 Å². The molecule has 1 saturated heterocycles. The second kappa shape index (κ2) is 9.03. The van der Waals surface area contributed by atoms with Crippen LogP contribution in [0, 0.1) is 5.41 Å². The van der Waals surface area contributed by atoms with Gasteiger partial charge in [0.25, 0.3) is 0 Å². The molecule has 1 aromatic carbocycles. The largest absolute Gasteiger partial charge is 0.416 e. The molecule has 0 bridgehead atoms. The van der Waals surface area contributed by atoms with Gasteiger partial charge in [-0.2, -0.15) is 26.3 Å². The van der Waals surface area contributed by atoms with Gasteiger partial charge in [0.05, 0.1) is 11.1 Å². The standard InChI is InChI=1S/C20H27F6N3O/c1-18(2,3)16(12-29-7-5-4-6-8-29)28-17(30)27-15-10-13(19(21,22)23)9-14(11-15)20(24,25)26/h9-11,16H,4-8,12H2,1-3H3,(H2,27,28,30)/t16-/m1/s1. The lowest BCUT2D eigenvalue weighted by molar-refractivity contribution is -0.143.